The summed E-state index contributed by atoms with van der Waals surface area (Å²) in [7, 11) is 0. The molecule has 6 heteroatoms. The van der Waals surface area contributed by atoms with Gasteiger partial charge in [0.25, 0.3) is 0 Å². The van der Waals surface area contributed by atoms with Gasteiger partial charge in [-0.05, 0) is 57.8 Å². The van der Waals surface area contributed by atoms with Gasteiger partial charge in [0, 0.05) is 12.8 Å². The largest absolute Gasteiger partial charge is 0.466 e. The number of hydrogen-bond donors (Lipinski definition) is 3. The number of nitrogens with one attached hydrogen (secondary N) is 1. The van der Waals surface area contributed by atoms with Crippen molar-refractivity contribution < 1.29 is 24.5 Å². The minimum Gasteiger partial charge on any atom is -0.466 e. The van der Waals surface area contributed by atoms with E-state index in [9.17, 15) is 19.8 Å². The van der Waals surface area contributed by atoms with Crippen molar-refractivity contribution in [3.05, 3.63) is 24.3 Å². The van der Waals surface area contributed by atoms with Crippen molar-refractivity contribution in [2.24, 2.45) is 0 Å². The van der Waals surface area contributed by atoms with Crippen molar-refractivity contribution >= 4 is 11.9 Å². The SMILES string of the molecule is CCCCCCCC/C=C\CCCCCCCC(=O)OCCCCCCCCCCCCCCCCCCCCCCCCC(=O)NC(CO)C(O)/C=C/CCCCCCCCCCCCCCCCCCCCC. The van der Waals surface area contributed by atoms with E-state index in [0.29, 0.717) is 19.4 Å². The molecule has 0 heterocycles. The van der Waals surface area contributed by atoms with Crippen LogP contribution in [0.25, 0.3) is 0 Å². The summed E-state index contributed by atoms with van der Waals surface area (Å²) in [6, 6.07) is -0.629. The monoisotopic (exact) mass is 1060 g/mol. The molecule has 444 valence electrons. The van der Waals surface area contributed by atoms with Crippen LogP contribution in [0.2, 0.25) is 0 Å². The van der Waals surface area contributed by atoms with Gasteiger partial charge < -0.3 is 20.3 Å². The van der Waals surface area contributed by atoms with Gasteiger partial charge in [-0.1, -0.05) is 334 Å². The second-order valence-electron chi connectivity index (χ2n) is 23.5. The highest BCUT2D eigenvalue weighted by molar-refractivity contribution is 5.76. The third-order valence-corrected chi connectivity index (χ3v) is 16.0. The lowest BCUT2D eigenvalue weighted by molar-refractivity contribution is -0.143. The van der Waals surface area contributed by atoms with E-state index in [1.165, 1.54) is 308 Å². The molecule has 75 heavy (non-hydrogen) atoms. The van der Waals surface area contributed by atoms with E-state index in [4.69, 9.17) is 4.74 Å². The van der Waals surface area contributed by atoms with Crippen molar-refractivity contribution in [1.82, 2.24) is 5.32 Å². The molecular formula is C69H133NO5. The minimum absolute atomic E-state index is 0.00553. The Hall–Kier alpha value is -1.66. The summed E-state index contributed by atoms with van der Waals surface area (Å²) in [6.45, 7) is 4.93. The highest BCUT2D eigenvalue weighted by atomic mass is 16.5. The highest BCUT2D eigenvalue weighted by Gasteiger charge is 2.18. The number of aliphatic hydroxyl groups is 2. The maximum Gasteiger partial charge on any atom is 0.305 e. The molecule has 0 aliphatic carbocycles. The molecule has 0 aliphatic rings. The lowest BCUT2D eigenvalue weighted by Gasteiger charge is -2.20. The van der Waals surface area contributed by atoms with Crippen LogP contribution in [0.15, 0.2) is 24.3 Å². The molecule has 2 unspecified atom stereocenters. The first-order valence-corrected chi connectivity index (χ1v) is 34.1. The average Bonchev–Trinajstić information content (AvgIpc) is 3.41. The van der Waals surface area contributed by atoms with Crippen LogP contribution < -0.4 is 5.32 Å². The highest BCUT2D eigenvalue weighted by Crippen LogP contribution is 2.18. The Balaban J connectivity index is 3.41. The normalized spacial score (nSPS) is 12.6. The molecule has 6 nitrogen and oxygen atoms in total. The predicted molar refractivity (Wildman–Crippen MR) is 329 cm³/mol. The Morgan fingerprint density at radius 1 is 0.360 bits per heavy atom. The average molecular weight is 1060 g/mol. The van der Waals surface area contributed by atoms with Gasteiger partial charge in [0.1, 0.15) is 0 Å². The summed E-state index contributed by atoms with van der Waals surface area (Å²) in [4.78, 5) is 24.6. The number of ether oxygens (including phenoxy) is 1. The second-order valence-corrected chi connectivity index (χ2v) is 23.5. The first kappa shape index (κ1) is 73.3. The Morgan fingerprint density at radius 3 is 0.947 bits per heavy atom. The van der Waals surface area contributed by atoms with Gasteiger partial charge in [-0.3, -0.25) is 9.59 Å². The number of allylic oxidation sites excluding steroid dienone is 3. The summed E-state index contributed by atoms with van der Waals surface area (Å²) < 4.78 is 5.49. The van der Waals surface area contributed by atoms with Gasteiger partial charge in [0.2, 0.25) is 5.91 Å². The van der Waals surface area contributed by atoms with E-state index >= 15 is 0 Å². The fraction of sp³-hybridized carbons (Fsp3) is 0.913. The van der Waals surface area contributed by atoms with Crippen molar-refractivity contribution in [3.63, 3.8) is 0 Å². The van der Waals surface area contributed by atoms with Crippen LogP contribution in [-0.4, -0.2) is 47.4 Å². The lowest BCUT2D eigenvalue weighted by Crippen LogP contribution is -2.45. The number of unbranched alkanes of at least 4 members (excludes halogenated alkanes) is 51. The van der Waals surface area contributed by atoms with E-state index in [0.717, 1.165) is 44.9 Å². The van der Waals surface area contributed by atoms with E-state index in [1.807, 2.05) is 6.08 Å². The summed E-state index contributed by atoms with van der Waals surface area (Å²) in [5.74, 6) is -0.0589. The fourth-order valence-corrected chi connectivity index (χ4v) is 10.7. The topological polar surface area (TPSA) is 95.9 Å². The molecule has 0 aromatic carbocycles. The number of hydrogen-bond acceptors (Lipinski definition) is 5. The molecule has 0 bridgehead atoms. The summed E-state index contributed by atoms with van der Waals surface area (Å²) in [5, 5.41) is 23.2. The Labute approximate surface area is 469 Å². The van der Waals surface area contributed by atoms with Crippen molar-refractivity contribution in [2.45, 2.75) is 392 Å². The van der Waals surface area contributed by atoms with E-state index in [1.54, 1.807) is 6.08 Å². The molecule has 2 atom stereocenters. The molecule has 3 N–H and O–H groups in total. The quantitative estimate of drug-likeness (QED) is 0.0320. The zero-order chi connectivity index (χ0) is 54.3. The van der Waals surface area contributed by atoms with Crippen molar-refractivity contribution in [3.8, 4) is 0 Å². The molecule has 0 saturated heterocycles. The first-order valence-electron chi connectivity index (χ1n) is 34.1. The maximum atomic E-state index is 12.5. The molecule has 0 radical (unpaired) electrons. The lowest BCUT2D eigenvalue weighted by atomic mass is 10.0. The zero-order valence-electron chi connectivity index (χ0n) is 50.8. The van der Waals surface area contributed by atoms with Crippen LogP contribution in [0.1, 0.15) is 380 Å². The molecule has 0 fully saturated rings. The van der Waals surface area contributed by atoms with Crippen molar-refractivity contribution in [2.75, 3.05) is 13.2 Å². The molecule has 0 aromatic rings. The standard InChI is InChI=1S/C69H133NO5/c1-3-5-7-9-11-13-15-17-19-20-21-24-27-30-34-37-41-45-49-53-57-61-67(72)66(65-71)70-68(73)62-58-54-50-46-42-38-35-31-28-25-22-23-26-29-32-36-40-44-48-52-56-60-64-75-69(74)63-59-55-51-47-43-39-33-18-16-14-12-10-8-6-4-2/h18,33,57,61,66-67,71-72H,3-17,19-32,34-56,58-60,62-65H2,1-2H3,(H,70,73)/b33-18-,61-57+. The molecule has 1 amide bonds. The Bertz CT molecular complexity index is 1170. The molecule has 0 spiro atoms. The zero-order valence-corrected chi connectivity index (χ0v) is 50.8. The van der Waals surface area contributed by atoms with Crippen LogP contribution in [0.4, 0.5) is 0 Å². The first-order chi connectivity index (χ1) is 37.0. The predicted octanol–water partition coefficient (Wildman–Crippen LogP) is 21.8. The third-order valence-electron chi connectivity index (χ3n) is 16.0. The van der Waals surface area contributed by atoms with Gasteiger partial charge in [-0.2, -0.15) is 0 Å². The fourth-order valence-electron chi connectivity index (χ4n) is 10.7. The van der Waals surface area contributed by atoms with Crippen LogP contribution in [0.3, 0.4) is 0 Å². The van der Waals surface area contributed by atoms with Gasteiger partial charge in [-0.25, -0.2) is 0 Å². The van der Waals surface area contributed by atoms with E-state index in [2.05, 4.69) is 31.3 Å². The smallest absolute Gasteiger partial charge is 0.305 e. The summed E-state index contributed by atoms with van der Waals surface area (Å²) in [6.07, 6.45) is 80.9. The summed E-state index contributed by atoms with van der Waals surface area (Å²) >= 11 is 0. The van der Waals surface area contributed by atoms with Crippen molar-refractivity contribution in [1.29, 1.82) is 0 Å². The van der Waals surface area contributed by atoms with E-state index < -0.39 is 12.1 Å². The van der Waals surface area contributed by atoms with Crippen LogP contribution >= 0.6 is 0 Å². The van der Waals surface area contributed by atoms with Gasteiger partial charge in [0.15, 0.2) is 0 Å². The number of amides is 1. The van der Waals surface area contributed by atoms with Crippen LogP contribution in [0.5, 0.6) is 0 Å². The maximum absolute atomic E-state index is 12.5. The second kappa shape index (κ2) is 64.9. The molecule has 0 saturated carbocycles. The molecule has 0 rings (SSSR count). The minimum atomic E-state index is -0.845. The molecule has 0 aromatic heterocycles. The van der Waals surface area contributed by atoms with Gasteiger partial charge >= 0.3 is 5.97 Å². The number of carbonyl (C=O) groups excluding carboxylic acids is 2. The number of aliphatic hydroxyl groups excluding tert-OH is 2. The van der Waals surface area contributed by atoms with Crippen LogP contribution in [-0.2, 0) is 14.3 Å². The number of esters is 1. The van der Waals surface area contributed by atoms with E-state index in [-0.39, 0.29) is 18.5 Å². The Morgan fingerprint density at radius 2 is 0.627 bits per heavy atom. The van der Waals surface area contributed by atoms with Gasteiger partial charge in [-0.15, -0.1) is 0 Å². The molecular weight excluding hydrogens is 923 g/mol. The third kappa shape index (κ3) is 61.4. The molecule has 0 aliphatic heterocycles. The Kier molecular flexibility index (Phi) is 63.4. The number of carbonyl (C=O) groups is 2. The summed E-state index contributed by atoms with van der Waals surface area (Å²) in [5.41, 5.74) is 0. The van der Waals surface area contributed by atoms with Gasteiger partial charge in [0.05, 0.1) is 25.4 Å². The van der Waals surface area contributed by atoms with Crippen LogP contribution in [0, 0.1) is 0 Å². The number of rotatable bonds is 64.